The summed E-state index contributed by atoms with van der Waals surface area (Å²) in [5.74, 6) is -0.445. The fourth-order valence-corrected chi connectivity index (χ4v) is 3.58. The van der Waals surface area contributed by atoms with E-state index in [9.17, 15) is 9.18 Å². The lowest BCUT2D eigenvalue weighted by Gasteiger charge is -2.01. The van der Waals surface area contributed by atoms with Crippen molar-refractivity contribution in [2.45, 2.75) is 5.03 Å². The topological polar surface area (TPSA) is 65.0 Å². The van der Waals surface area contributed by atoms with Crippen molar-refractivity contribution < 1.29 is 13.9 Å². The first-order chi connectivity index (χ1) is 10.7. The van der Waals surface area contributed by atoms with E-state index in [0.29, 0.717) is 16.2 Å². The molecule has 5 nitrogen and oxygen atoms in total. The third-order valence-corrected chi connectivity index (χ3v) is 4.83. The Bertz CT molecular complexity index is 821. The largest absolute Gasteiger partial charge is 0.468 e. The minimum absolute atomic E-state index is 0.173. The molecule has 0 aliphatic carbocycles. The minimum Gasteiger partial charge on any atom is -0.468 e. The van der Waals surface area contributed by atoms with Gasteiger partial charge in [0.1, 0.15) is 33.1 Å². The van der Waals surface area contributed by atoms with E-state index in [-0.39, 0.29) is 17.5 Å². The summed E-state index contributed by atoms with van der Waals surface area (Å²) in [6.07, 6.45) is 1.43. The van der Waals surface area contributed by atoms with Crippen LogP contribution >= 0.6 is 23.3 Å². The van der Waals surface area contributed by atoms with Crippen LogP contribution in [0.15, 0.2) is 35.6 Å². The smallest absolute Gasteiger partial charge is 0.316 e. The maximum Gasteiger partial charge on any atom is 0.316 e. The number of fused-ring (bicyclic) bond motifs is 1. The molecule has 0 aliphatic heterocycles. The van der Waals surface area contributed by atoms with E-state index in [1.54, 1.807) is 12.1 Å². The molecule has 3 aromatic rings. The predicted octanol–water partition coefficient (Wildman–Crippen LogP) is 3.16. The number of hydrogen-bond donors (Lipinski definition) is 0. The van der Waals surface area contributed by atoms with Crippen molar-refractivity contribution in [3.8, 4) is 11.3 Å². The molecule has 22 heavy (non-hydrogen) atoms. The highest BCUT2D eigenvalue weighted by atomic mass is 32.2. The number of aromatic nitrogens is 3. The van der Waals surface area contributed by atoms with Crippen LogP contribution in [0.5, 0.6) is 0 Å². The summed E-state index contributed by atoms with van der Waals surface area (Å²) in [7, 11) is 1.35. The van der Waals surface area contributed by atoms with Crippen LogP contribution < -0.4 is 0 Å². The van der Waals surface area contributed by atoms with Gasteiger partial charge in [0.15, 0.2) is 0 Å². The minimum atomic E-state index is -0.319. The number of esters is 1. The van der Waals surface area contributed by atoms with Gasteiger partial charge >= 0.3 is 5.97 Å². The number of hydrogen-bond acceptors (Lipinski definition) is 7. The molecule has 0 amide bonds. The van der Waals surface area contributed by atoms with Crippen LogP contribution in [0, 0.1) is 5.82 Å². The number of carbonyl (C=O) groups excluding carboxylic acids is 1. The van der Waals surface area contributed by atoms with Gasteiger partial charge in [-0.1, -0.05) is 11.8 Å². The van der Waals surface area contributed by atoms with Crippen LogP contribution in [0.3, 0.4) is 0 Å². The van der Waals surface area contributed by atoms with Gasteiger partial charge in [-0.25, -0.2) is 14.4 Å². The van der Waals surface area contributed by atoms with Gasteiger partial charge in [-0.15, -0.1) is 0 Å². The molecule has 112 valence electrons. The summed E-state index contributed by atoms with van der Waals surface area (Å²) in [6.45, 7) is 0. The zero-order valence-corrected chi connectivity index (χ0v) is 13.1. The molecule has 8 heteroatoms. The number of rotatable bonds is 4. The van der Waals surface area contributed by atoms with Crippen molar-refractivity contribution in [2.75, 3.05) is 12.9 Å². The number of thioether (sulfide) groups is 1. The quantitative estimate of drug-likeness (QED) is 0.414. The van der Waals surface area contributed by atoms with E-state index >= 15 is 0 Å². The lowest BCUT2D eigenvalue weighted by Crippen LogP contribution is -2.03. The van der Waals surface area contributed by atoms with Crippen LogP contribution in [-0.2, 0) is 9.53 Å². The van der Waals surface area contributed by atoms with Gasteiger partial charge in [0.05, 0.1) is 12.9 Å². The fraction of sp³-hybridized carbons (Fsp3) is 0.143. The number of benzene rings is 1. The van der Waals surface area contributed by atoms with E-state index in [0.717, 1.165) is 10.3 Å². The summed E-state index contributed by atoms with van der Waals surface area (Å²) in [5.41, 5.74) is 2.16. The Morgan fingerprint density at radius 3 is 2.82 bits per heavy atom. The Morgan fingerprint density at radius 2 is 2.09 bits per heavy atom. The highest BCUT2D eigenvalue weighted by molar-refractivity contribution is 8.00. The van der Waals surface area contributed by atoms with Crippen LogP contribution in [0.2, 0.25) is 0 Å². The van der Waals surface area contributed by atoms with Crippen molar-refractivity contribution in [1.29, 1.82) is 0 Å². The standard InChI is InChI=1S/C14H10FN3O2S2/c1-20-10(19)6-21-14-13-12(16-7-17-14)11(18-22-13)8-2-4-9(15)5-3-8/h2-5,7H,6H2,1H3. The first-order valence-electron chi connectivity index (χ1n) is 6.25. The molecule has 3 rings (SSSR count). The van der Waals surface area contributed by atoms with Gasteiger partial charge in [-0.05, 0) is 35.8 Å². The summed E-state index contributed by atoms with van der Waals surface area (Å²) in [4.78, 5) is 19.7. The molecule has 0 spiro atoms. The number of halogens is 1. The maximum atomic E-state index is 13.0. The lowest BCUT2D eigenvalue weighted by atomic mass is 10.1. The third kappa shape index (κ3) is 2.93. The average Bonchev–Trinajstić information content (AvgIpc) is 2.98. The van der Waals surface area contributed by atoms with E-state index in [4.69, 9.17) is 0 Å². The molecule has 0 fully saturated rings. The number of nitrogens with zero attached hydrogens (tertiary/aromatic N) is 3. The van der Waals surface area contributed by atoms with Gasteiger partial charge in [-0.3, -0.25) is 4.79 Å². The Morgan fingerprint density at radius 1 is 1.32 bits per heavy atom. The molecule has 0 saturated carbocycles. The molecule has 0 unspecified atom stereocenters. The SMILES string of the molecule is COC(=O)CSc1ncnc2c(-c3ccc(F)cc3)nsc12. The fourth-order valence-electron chi connectivity index (χ4n) is 1.83. The molecular weight excluding hydrogens is 325 g/mol. The number of carbonyl (C=O) groups is 1. The van der Waals surface area contributed by atoms with Gasteiger partial charge < -0.3 is 4.74 Å². The molecule has 1 aromatic carbocycles. The van der Waals surface area contributed by atoms with Crippen molar-refractivity contribution in [3.05, 3.63) is 36.4 Å². The summed E-state index contributed by atoms with van der Waals surface area (Å²) < 4.78 is 22.8. The lowest BCUT2D eigenvalue weighted by molar-refractivity contribution is -0.137. The molecule has 2 heterocycles. The monoisotopic (exact) mass is 335 g/mol. The molecule has 0 bridgehead atoms. The molecule has 2 aromatic heterocycles. The second kappa shape index (κ2) is 6.37. The van der Waals surface area contributed by atoms with Gasteiger partial charge in [0.25, 0.3) is 0 Å². The van der Waals surface area contributed by atoms with E-state index < -0.39 is 0 Å². The van der Waals surface area contributed by atoms with Crippen LogP contribution in [0.25, 0.3) is 21.5 Å². The molecular formula is C14H10FN3O2S2. The predicted molar refractivity (Wildman–Crippen MR) is 83.3 cm³/mol. The maximum absolute atomic E-state index is 13.0. The van der Waals surface area contributed by atoms with Gasteiger partial charge in [-0.2, -0.15) is 4.37 Å². The zero-order valence-electron chi connectivity index (χ0n) is 11.4. The summed E-state index contributed by atoms with van der Waals surface area (Å²) >= 11 is 2.54. The van der Waals surface area contributed by atoms with Crippen LogP contribution in [-0.4, -0.2) is 33.2 Å². The summed E-state index contributed by atoms with van der Waals surface area (Å²) in [6, 6.07) is 6.09. The van der Waals surface area contributed by atoms with Crippen molar-refractivity contribution in [1.82, 2.24) is 14.3 Å². The van der Waals surface area contributed by atoms with Crippen molar-refractivity contribution in [2.24, 2.45) is 0 Å². The Hall–Kier alpha value is -2.06. The van der Waals surface area contributed by atoms with Crippen molar-refractivity contribution >= 4 is 39.5 Å². The second-order valence-electron chi connectivity index (χ2n) is 4.26. The summed E-state index contributed by atoms with van der Waals surface area (Å²) in [5, 5.41) is 0.682. The number of methoxy groups -OCH3 is 1. The molecule has 0 atom stereocenters. The highest BCUT2D eigenvalue weighted by Crippen LogP contribution is 2.34. The zero-order chi connectivity index (χ0) is 15.5. The number of ether oxygens (including phenoxy) is 1. The molecule has 0 aliphatic rings. The Labute approximate surface area is 133 Å². The Kier molecular flexibility index (Phi) is 4.30. The van der Waals surface area contributed by atoms with Gasteiger partial charge in [0, 0.05) is 5.56 Å². The van der Waals surface area contributed by atoms with Crippen LogP contribution in [0.1, 0.15) is 0 Å². The Balaban J connectivity index is 1.98. The van der Waals surface area contributed by atoms with E-state index in [2.05, 4.69) is 19.1 Å². The highest BCUT2D eigenvalue weighted by Gasteiger charge is 2.15. The second-order valence-corrected chi connectivity index (χ2v) is 6.00. The first-order valence-corrected chi connectivity index (χ1v) is 8.01. The van der Waals surface area contributed by atoms with E-state index in [1.165, 1.54) is 48.9 Å². The third-order valence-electron chi connectivity index (χ3n) is 2.90. The normalized spacial score (nSPS) is 10.8. The molecule has 0 N–H and O–H groups in total. The molecule has 0 radical (unpaired) electrons. The molecule has 0 saturated heterocycles. The van der Waals surface area contributed by atoms with Crippen LogP contribution in [0.4, 0.5) is 4.39 Å². The average molecular weight is 335 g/mol. The van der Waals surface area contributed by atoms with E-state index in [1.807, 2.05) is 0 Å². The van der Waals surface area contributed by atoms with Gasteiger partial charge in [0.2, 0.25) is 0 Å². The first kappa shape index (κ1) is 14.9. The van der Waals surface area contributed by atoms with Crippen molar-refractivity contribution in [3.63, 3.8) is 0 Å².